The van der Waals surface area contributed by atoms with E-state index in [1.807, 2.05) is 18.3 Å². The van der Waals surface area contributed by atoms with E-state index in [-0.39, 0.29) is 5.41 Å². The number of aromatic amines is 1. The van der Waals surface area contributed by atoms with Crippen LogP contribution in [0.3, 0.4) is 0 Å². The van der Waals surface area contributed by atoms with Crippen LogP contribution in [-0.2, 0) is 43.9 Å². The molecule has 1 N–H and O–H groups in total. The summed E-state index contributed by atoms with van der Waals surface area (Å²) in [5.74, 6) is 0. The third-order valence-corrected chi connectivity index (χ3v) is 12.4. The summed E-state index contributed by atoms with van der Waals surface area (Å²) in [6, 6.07) is 21.6. The summed E-state index contributed by atoms with van der Waals surface area (Å²) in [7, 11) is 0. The third-order valence-electron chi connectivity index (χ3n) is 12.4. The second-order valence-corrected chi connectivity index (χ2v) is 16.1. The van der Waals surface area contributed by atoms with Crippen LogP contribution in [0, 0.1) is 6.92 Å². The lowest BCUT2D eigenvalue weighted by atomic mass is 9.80. The highest BCUT2D eigenvalue weighted by Crippen LogP contribution is 2.54. The number of nitrogens with one attached hydrogen (secondary N) is 1. The van der Waals surface area contributed by atoms with Gasteiger partial charge in [0.2, 0.25) is 0 Å². The van der Waals surface area contributed by atoms with Crippen LogP contribution < -0.4 is 0 Å². The Morgan fingerprint density at radius 2 is 1.08 bits per heavy atom. The lowest BCUT2D eigenvalue weighted by Gasteiger charge is -2.28. The molecule has 0 amide bonds. The number of fused-ring (bicyclic) bond motifs is 5. The molecule has 53 heavy (non-hydrogen) atoms. The fourth-order valence-electron chi connectivity index (χ4n) is 9.45. The molecule has 3 heterocycles. The Bertz CT molecular complexity index is 1820. The van der Waals surface area contributed by atoms with E-state index in [2.05, 4.69) is 88.1 Å². The van der Waals surface area contributed by atoms with Gasteiger partial charge < -0.3 is 4.98 Å². The van der Waals surface area contributed by atoms with E-state index >= 15 is 0 Å². The number of unbranched alkanes of at least 4 members (excludes halogenated alkanes) is 8. The smallest absolute Gasteiger partial charge is 0.0567 e. The Hall–Kier alpha value is -3.72. The molecule has 282 valence electrons. The molecule has 1 aliphatic heterocycles. The fourth-order valence-corrected chi connectivity index (χ4v) is 9.45. The highest BCUT2D eigenvalue weighted by atomic mass is 14.8. The summed E-state index contributed by atoms with van der Waals surface area (Å²) >= 11 is 0. The van der Waals surface area contributed by atoms with E-state index in [0.717, 1.165) is 32.1 Å². The Kier molecular flexibility index (Phi) is 14.0. The molecule has 4 aliphatic rings. The van der Waals surface area contributed by atoms with Gasteiger partial charge in [-0.05, 0) is 141 Å². The summed E-state index contributed by atoms with van der Waals surface area (Å²) in [5.41, 5.74) is 18.9. The number of H-pyrrole nitrogens is 1. The zero-order valence-electron chi connectivity index (χ0n) is 33.9. The molecule has 0 unspecified atom stereocenters. The molecule has 0 saturated carbocycles. The predicted octanol–water partition coefficient (Wildman–Crippen LogP) is 13.7. The third kappa shape index (κ3) is 8.66. The van der Waals surface area contributed by atoms with Crippen molar-refractivity contribution in [2.45, 2.75) is 168 Å². The number of aromatic nitrogens is 3. The van der Waals surface area contributed by atoms with E-state index < -0.39 is 0 Å². The van der Waals surface area contributed by atoms with E-state index in [4.69, 9.17) is 9.97 Å². The van der Waals surface area contributed by atoms with Crippen LogP contribution in [0.25, 0.3) is 22.4 Å². The van der Waals surface area contributed by atoms with Crippen LogP contribution in [0.4, 0.5) is 0 Å². The van der Waals surface area contributed by atoms with Gasteiger partial charge in [0, 0.05) is 23.3 Å². The fraction of sp³-hybridized carbons (Fsp3) is 0.520. The van der Waals surface area contributed by atoms with Crippen molar-refractivity contribution in [3.8, 4) is 22.4 Å². The maximum atomic E-state index is 5.80. The quantitative estimate of drug-likeness (QED) is 0.0977. The normalized spacial score (nSPS) is 15.9. The molecule has 1 aromatic carbocycles. The van der Waals surface area contributed by atoms with Crippen LogP contribution >= 0.6 is 0 Å². The standard InChI is InChI=1S/C42H60N2.C8H7N/c1-6-10-15-23-33-31(5)34-27-29-42(40(34)43-37(33)25-17-12-8-3)30-28-36-39(32-21-19-14-20-22-32)35(24-16-11-7-2)38(44-41(36)42)26-18-13-9-4;1-3-7-4-2-6-9-8(7)5-1/h14,19-22H,6-13,15-18,23-30H2,1-5H3;1-6,9H/t42-;/m1./s1. The average Bonchev–Trinajstić information content (AvgIpc) is 3.92. The second-order valence-electron chi connectivity index (χ2n) is 16.1. The van der Waals surface area contributed by atoms with Gasteiger partial charge >= 0.3 is 0 Å². The zero-order chi connectivity index (χ0) is 37.0. The molecule has 0 saturated heterocycles. The Morgan fingerprint density at radius 1 is 0.547 bits per heavy atom. The van der Waals surface area contributed by atoms with Crippen molar-refractivity contribution in [1.29, 1.82) is 0 Å². The first-order chi connectivity index (χ1) is 26.1. The molecule has 2 aromatic heterocycles. The van der Waals surface area contributed by atoms with Crippen molar-refractivity contribution in [3.05, 3.63) is 117 Å². The van der Waals surface area contributed by atoms with Gasteiger partial charge in [0.1, 0.15) is 0 Å². The van der Waals surface area contributed by atoms with Gasteiger partial charge in [0.05, 0.1) is 16.8 Å². The largest absolute Gasteiger partial charge is 0.361 e. The monoisotopic (exact) mass is 710 g/mol. The highest BCUT2D eigenvalue weighted by molar-refractivity contribution is 5.75. The number of pyridine rings is 3. The zero-order valence-corrected chi connectivity index (χ0v) is 33.9. The average molecular weight is 710 g/mol. The van der Waals surface area contributed by atoms with Gasteiger partial charge in [-0.2, -0.15) is 0 Å². The number of hydrogen-bond acceptors (Lipinski definition) is 2. The molecule has 0 radical (unpaired) electrons. The van der Waals surface area contributed by atoms with Gasteiger partial charge in [-0.3, -0.25) is 9.97 Å². The van der Waals surface area contributed by atoms with Crippen molar-refractivity contribution in [1.82, 2.24) is 15.0 Å². The van der Waals surface area contributed by atoms with Gasteiger partial charge in [0.25, 0.3) is 0 Å². The van der Waals surface area contributed by atoms with Crippen LogP contribution in [0.5, 0.6) is 0 Å². The molecular weight excluding hydrogens is 643 g/mol. The number of nitrogens with zero attached hydrogens (tertiary/aromatic N) is 2. The van der Waals surface area contributed by atoms with Crippen molar-refractivity contribution in [3.63, 3.8) is 0 Å². The molecule has 3 aliphatic carbocycles. The van der Waals surface area contributed by atoms with Crippen LogP contribution in [0.1, 0.15) is 168 Å². The van der Waals surface area contributed by atoms with Gasteiger partial charge in [-0.15, -0.1) is 0 Å². The number of aryl methyl sites for hydroxylation is 2. The molecule has 3 aromatic rings. The summed E-state index contributed by atoms with van der Waals surface area (Å²) in [4.78, 5) is 14.7. The number of benzene rings is 1. The molecule has 3 nitrogen and oxygen atoms in total. The molecule has 0 bridgehead atoms. The van der Waals surface area contributed by atoms with Gasteiger partial charge in [0.15, 0.2) is 0 Å². The molecule has 3 heteroatoms. The molecule has 1 atom stereocenters. The Labute approximate surface area is 322 Å². The first-order valence-electron chi connectivity index (χ1n) is 21.7. The van der Waals surface area contributed by atoms with E-state index in [0.29, 0.717) is 0 Å². The minimum absolute atomic E-state index is 0.0120. The van der Waals surface area contributed by atoms with Crippen molar-refractivity contribution in [2.24, 2.45) is 0 Å². The molecule has 1 spiro atoms. The maximum absolute atomic E-state index is 5.80. The van der Waals surface area contributed by atoms with Crippen molar-refractivity contribution in [2.75, 3.05) is 0 Å². The van der Waals surface area contributed by atoms with Gasteiger partial charge in [-0.25, -0.2) is 0 Å². The molecule has 0 fully saturated rings. The Balaban J connectivity index is 0.000000461. The molecule has 7 rings (SSSR count). The van der Waals surface area contributed by atoms with Gasteiger partial charge in [-0.1, -0.05) is 128 Å². The summed E-state index contributed by atoms with van der Waals surface area (Å²) in [6.07, 6.45) is 26.5. The maximum Gasteiger partial charge on any atom is 0.0567 e. The van der Waals surface area contributed by atoms with E-state index in [1.54, 1.807) is 33.4 Å². The summed E-state index contributed by atoms with van der Waals surface area (Å²) in [5, 5.41) is 0. The minimum atomic E-state index is -0.0120. The van der Waals surface area contributed by atoms with Crippen molar-refractivity contribution >= 4 is 0 Å². The van der Waals surface area contributed by atoms with E-state index in [9.17, 15) is 0 Å². The van der Waals surface area contributed by atoms with Crippen LogP contribution in [0.15, 0.2) is 66.9 Å². The van der Waals surface area contributed by atoms with Crippen LogP contribution in [0.2, 0.25) is 0 Å². The van der Waals surface area contributed by atoms with Crippen LogP contribution in [-0.4, -0.2) is 15.0 Å². The SMILES string of the molecule is CCCCCc1nc2c(c(C)c1CCCCC)CC[C@@]21CCc2c1nc(CCCCC)c(CCCCC)c2-c1ccccc1.c1c[nH]c2cccc-2c1. The topological polar surface area (TPSA) is 41.6 Å². The lowest BCUT2D eigenvalue weighted by molar-refractivity contribution is 0.480. The van der Waals surface area contributed by atoms with Crippen molar-refractivity contribution < 1.29 is 0 Å². The first kappa shape index (κ1) is 39.0. The highest BCUT2D eigenvalue weighted by Gasteiger charge is 2.49. The lowest BCUT2D eigenvalue weighted by Crippen LogP contribution is -2.26. The second kappa shape index (κ2) is 19.0. The first-order valence-corrected chi connectivity index (χ1v) is 21.7. The summed E-state index contributed by atoms with van der Waals surface area (Å²) in [6.45, 7) is 11.7. The molecular formula is C50H67N3. The minimum Gasteiger partial charge on any atom is -0.361 e. The number of hydrogen-bond donors (Lipinski definition) is 1. The Morgan fingerprint density at radius 3 is 1.70 bits per heavy atom. The predicted molar refractivity (Wildman–Crippen MR) is 226 cm³/mol. The summed E-state index contributed by atoms with van der Waals surface area (Å²) < 4.78 is 0. The van der Waals surface area contributed by atoms with E-state index in [1.165, 1.54) is 136 Å². The number of rotatable bonds is 17.